The van der Waals surface area contributed by atoms with Crippen molar-refractivity contribution in [1.29, 1.82) is 0 Å². The molecule has 2 N–H and O–H groups in total. The Bertz CT molecular complexity index is 658. The Hall–Kier alpha value is -1.44. The molecule has 0 aliphatic carbocycles. The Balaban J connectivity index is 1.83. The first-order chi connectivity index (χ1) is 11.0. The van der Waals surface area contributed by atoms with Crippen LogP contribution in [0.25, 0.3) is 0 Å². The number of carbonyl (C=O) groups is 1. The first kappa shape index (κ1) is 16.4. The minimum absolute atomic E-state index is 0.0481. The SMILES string of the molecule is CCC(=O)Nc1ccc(S(=O)(=O)N2C3CCNCC2CC3)cc1. The summed E-state index contributed by atoms with van der Waals surface area (Å²) in [5.41, 5.74) is 0.622. The normalized spacial score (nSPS) is 25.1. The second-order valence-corrected chi connectivity index (χ2v) is 7.98. The van der Waals surface area contributed by atoms with Crippen molar-refractivity contribution in [2.24, 2.45) is 0 Å². The molecule has 2 aliphatic heterocycles. The smallest absolute Gasteiger partial charge is 0.243 e. The van der Waals surface area contributed by atoms with E-state index in [2.05, 4.69) is 10.6 Å². The van der Waals surface area contributed by atoms with Crippen molar-refractivity contribution in [2.45, 2.75) is 49.6 Å². The molecule has 0 spiro atoms. The number of benzene rings is 1. The Labute approximate surface area is 137 Å². The number of sulfonamides is 1. The molecule has 126 valence electrons. The van der Waals surface area contributed by atoms with Crippen LogP contribution in [0, 0.1) is 0 Å². The van der Waals surface area contributed by atoms with Gasteiger partial charge in [0.05, 0.1) is 4.90 Å². The second kappa shape index (κ2) is 6.59. The van der Waals surface area contributed by atoms with E-state index in [1.54, 1.807) is 35.5 Å². The van der Waals surface area contributed by atoms with Gasteiger partial charge < -0.3 is 10.6 Å². The van der Waals surface area contributed by atoms with Crippen LogP contribution in [-0.2, 0) is 14.8 Å². The van der Waals surface area contributed by atoms with Gasteiger partial charge in [0, 0.05) is 30.7 Å². The Morgan fingerprint density at radius 3 is 2.61 bits per heavy atom. The zero-order chi connectivity index (χ0) is 16.4. The number of amides is 1. The van der Waals surface area contributed by atoms with Crippen LogP contribution in [0.4, 0.5) is 5.69 Å². The molecule has 6 nitrogen and oxygen atoms in total. The predicted molar refractivity (Wildman–Crippen MR) is 88.7 cm³/mol. The number of fused-ring (bicyclic) bond motifs is 2. The van der Waals surface area contributed by atoms with Crippen LogP contribution in [0.3, 0.4) is 0 Å². The van der Waals surface area contributed by atoms with Gasteiger partial charge in [-0.15, -0.1) is 0 Å². The van der Waals surface area contributed by atoms with E-state index in [1.807, 2.05) is 0 Å². The summed E-state index contributed by atoms with van der Waals surface area (Å²) in [6.45, 7) is 3.37. The summed E-state index contributed by atoms with van der Waals surface area (Å²) in [5.74, 6) is -0.0859. The van der Waals surface area contributed by atoms with Gasteiger partial charge in [0.1, 0.15) is 0 Å². The summed E-state index contributed by atoms with van der Waals surface area (Å²) in [5, 5.41) is 6.05. The van der Waals surface area contributed by atoms with E-state index in [0.29, 0.717) is 17.0 Å². The summed E-state index contributed by atoms with van der Waals surface area (Å²) < 4.78 is 27.7. The van der Waals surface area contributed by atoms with E-state index in [1.165, 1.54) is 0 Å². The summed E-state index contributed by atoms with van der Waals surface area (Å²) in [7, 11) is -3.49. The average Bonchev–Trinajstić information content (AvgIpc) is 2.81. The number of nitrogens with one attached hydrogen (secondary N) is 2. The number of hydrogen-bond acceptors (Lipinski definition) is 4. The molecule has 2 heterocycles. The van der Waals surface area contributed by atoms with E-state index < -0.39 is 10.0 Å². The van der Waals surface area contributed by atoms with Crippen molar-refractivity contribution in [1.82, 2.24) is 9.62 Å². The zero-order valence-corrected chi connectivity index (χ0v) is 14.1. The summed E-state index contributed by atoms with van der Waals surface area (Å²) >= 11 is 0. The predicted octanol–water partition coefficient (Wildman–Crippen LogP) is 1.55. The maximum Gasteiger partial charge on any atom is 0.243 e. The highest BCUT2D eigenvalue weighted by Gasteiger charge is 2.42. The number of hydrogen-bond donors (Lipinski definition) is 2. The lowest BCUT2D eigenvalue weighted by molar-refractivity contribution is -0.115. The lowest BCUT2D eigenvalue weighted by Crippen LogP contribution is -2.42. The highest BCUT2D eigenvalue weighted by atomic mass is 32.2. The first-order valence-electron chi connectivity index (χ1n) is 8.16. The minimum atomic E-state index is -3.49. The van der Waals surface area contributed by atoms with Gasteiger partial charge in [0.15, 0.2) is 0 Å². The van der Waals surface area contributed by atoms with E-state index in [4.69, 9.17) is 0 Å². The van der Waals surface area contributed by atoms with E-state index in [0.717, 1.165) is 32.4 Å². The van der Waals surface area contributed by atoms with Gasteiger partial charge in [0.25, 0.3) is 0 Å². The van der Waals surface area contributed by atoms with Crippen LogP contribution < -0.4 is 10.6 Å². The molecule has 2 bridgehead atoms. The zero-order valence-electron chi connectivity index (χ0n) is 13.3. The lowest BCUT2D eigenvalue weighted by atomic mass is 10.1. The molecule has 0 radical (unpaired) electrons. The third-order valence-corrected chi connectivity index (χ3v) is 6.64. The summed E-state index contributed by atoms with van der Waals surface area (Å²) in [6, 6.07) is 6.61. The van der Waals surface area contributed by atoms with Gasteiger partial charge >= 0.3 is 0 Å². The van der Waals surface area contributed by atoms with Crippen molar-refractivity contribution in [3.8, 4) is 0 Å². The number of rotatable bonds is 4. The van der Waals surface area contributed by atoms with Crippen LogP contribution in [0.15, 0.2) is 29.2 Å². The maximum atomic E-state index is 13.0. The monoisotopic (exact) mass is 337 g/mol. The number of carbonyl (C=O) groups excluding carboxylic acids is 1. The molecule has 2 atom stereocenters. The van der Waals surface area contributed by atoms with Gasteiger partial charge in [-0.1, -0.05) is 6.92 Å². The van der Waals surface area contributed by atoms with Crippen molar-refractivity contribution >= 4 is 21.6 Å². The van der Waals surface area contributed by atoms with E-state index >= 15 is 0 Å². The molecule has 2 saturated heterocycles. The van der Waals surface area contributed by atoms with Gasteiger partial charge in [-0.25, -0.2) is 8.42 Å². The first-order valence-corrected chi connectivity index (χ1v) is 9.60. The molecule has 7 heteroatoms. The van der Waals surface area contributed by atoms with Gasteiger partial charge in [-0.05, 0) is 50.1 Å². The van der Waals surface area contributed by atoms with E-state index in [-0.39, 0.29) is 18.0 Å². The fourth-order valence-electron chi connectivity index (χ4n) is 3.41. The Morgan fingerprint density at radius 1 is 1.22 bits per heavy atom. The molecule has 1 aromatic rings. The highest BCUT2D eigenvalue weighted by Crippen LogP contribution is 2.33. The van der Waals surface area contributed by atoms with Gasteiger partial charge in [-0.3, -0.25) is 4.79 Å². The number of nitrogens with zero attached hydrogens (tertiary/aromatic N) is 1. The van der Waals surface area contributed by atoms with Crippen LogP contribution in [0.1, 0.15) is 32.6 Å². The minimum Gasteiger partial charge on any atom is -0.326 e. The van der Waals surface area contributed by atoms with E-state index in [9.17, 15) is 13.2 Å². The molecule has 3 rings (SSSR count). The third kappa shape index (κ3) is 3.27. The van der Waals surface area contributed by atoms with Crippen LogP contribution in [-0.4, -0.2) is 43.8 Å². The Morgan fingerprint density at radius 2 is 1.91 bits per heavy atom. The van der Waals surface area contributed by atoms with Crippen molar-refractivity contribution in [3.63, 3.8) is 0 Å². The molecule has 2 aliphatic rings. The quantitative estimate of drug-likeness (QED) is 0.874. The summed E-state index contributed by atoms with van der Waals surface area (Å²) in [6.07, 6.45) is 3.11. The van der Waals surface area contributed by atoms with Crippen LogP contribution in [0.2, 0.25) is 0 Å². The highest BCUT2D eigenvalue weighted by molar-refractivity contribution is 7.89. The molecular formula is C16H23N3O3S. The van der Waals surface area contributed by atoms with Gasteiger partial charge in [-0.2, -0.15) is 4.31 Å². The topological polar surface area (TPSA) is 78.5 Å². The Kier molecular flexibility index (Phi) is 4.70. The molecule has 2 fully saturated rings. The summed E-state index contributed by atoms with van der Waals surface area (Å²) in [4.78, 5) is 11.7. The largest absolute Gasteiger partial charge is 0.326 e. The van der Waals surface area contributed by atoms with Crippen LogP contribution in [0.5, 0.6) is 0 Å². The van der Waals surface area contributed by atoms with Crippen molar-refractivity contribution < 1.29 is 13.2 Å². The van der Waals surface area contributed by atoms with Crippen LogP contribution >= 0.6 is 0 Å². The average molecular weight is 337 g/mol. The molecule has 0 saturated carbocycles. The van der Waals surface area contributed by atoms with Crippen molar-refractivity contribution in [2.75, 3.05) is 18.4 Å². The second-order valence-electron chi connectivity index (χ2n) is 6.14. The molecule has 1 aromatic carbocycles. The van der Waals surface area contributed by atoms with Gasteiger partial charge in [0.2, 0.25) is 15.9 Å². The lowest BCUT2D eigenvalue weighted by Gasteiger charge is -2.27. The standard InChI is InChI=1S/C16H23N3O3S/c1-2-16(20)18-12-3-7-15(8-4-12)23(21,22)19-13-5-6-14(19)11-17-10-9-13/h3-4,7-8,13-14,17H,2,5-6,9-11H2,1H3,(H,18,20). The molecule has 0 aromatic heterocycles. The molecule has 23 heavy (non-hydrogen) atoms. The fourth-order valence-corrected chi connectivity index (χ4v) is 5.31. The molecule has 1 amide bonds. The maximum absolute atomic E-state index is 13.0. The molecule has 2 unspecified atom stereocenters. The number of anilines is 1. The van der Waals surface area contributed by atoms with Crippen molar-refractivity contribution in [3.05, 3.63) is 24.3 Å². The fraction of sp³-hybridized carbons (Fsp3) is 0.562. The molecular weight excluding hydrogens is 314 g/mol. The third-order valence-electron chi connectivity index (χ3n) is 4.62.